The van der Waals surface area contributed by atoms with E-state index in [0.717, 1.165) is 78.4 Å². The van der Waals surface area contributed by atoms with Crippen molar-refractivity contribution in [3.63, 3.8) is 0 Å². The van der Waals surface area contributed by atoms with Crippen molar-refractivity contribution in [1.29, 1.82) is 0 Å². The van der Waals surface area contributed by atoms with Crippen molar-refractivity contribution in [3.05, 3.63) is 30.1 Å². The summed E-state index contributed by atoms with van der Waals surface area (Å²) in [6.45, 7) is 9.29. The first-order chi connectivity index (χ1) is 13.6. The highest BCUT2D eigenvalue weighted by Crippen LogP contribution is 2.40. The molecular formula is C21H30FN3O3. The number of carbonyl (C=O) groups is 1. The Morgan fingerprint density at radius 3 is 2.50 bits per heavy atom. The van der Waals surface area contributed by atoms with E-state index < -0.39 is 0 Å². The van der Waals surface area contributed by atoms with E-state index in [9.17, 15) is 9.18 Å². The topological polar surface area (TPSA) is 45.2 Å². The largest absolute Gasteiger partial charge is 0.492 e. The molecule has 0 radical (unpaired) electrons. The van der Waals surface area contributed by atoms with Crippen molar-refractivity contribution >= 4 is 5.91 Å². The van der Waals surface area contributed by atoms with Gasteiger partial charge in [-0.05, 0) is 43.7 Å². The Morgan fingerprint density at radius 1 is 0.964 bits per heavy atom. The second kappa shape index (κ2) is 8.76. The number of amides is 1. The number of nitrogens with zero attached hydrogens (tertiary/aromatic N) is 3. The SMILES string of the molecule is O=C1N(CCN2CCOCC2)CCC12CCN(CCOc1ccc(F)cc1)C2. The zero-order valence-corrected chi connectivity index (χ0v) is 16.4. The Labute approximate surface area is 166 Å². The molecule has 1 spiro atoms. The number of ether oxygens (including phenoxy) is 2. The molecule has 7 heteroatoms. The van der Waals surface area contributed by atoms with Crippen LogP contribution in [0.4, 0.5) is 4.39 Å². The molecule has 3 aliphatic heterocycles. The standard InChI is InChI=1S/C21H30FN3O3/c22-18-1-3-19(4-2-18)28-16-13-24-7-5-21(17-24)6-8-25(20(21)26)10-9-23-11-14-27-15-12-23/h1-4H,5-17H2. The Bertz CT molecular complexity index is 665. The number of hydrogen-bond donors (Lipinski definition) is 0. The first-order valence-electron chi connectivity index (χ1n) is 10.3. The second-order valence-electron chi connectivity index (χ2n) is 8.11. The van der Waals surface area contributed by atoms with Gasteiger partial charge in [0, 0.05) is 45.8 Å². The number of carbonyl (C=O) groups excluding carboxylic acids is 1. The van der Waals surface area contributed by atoms with Gasteiger partial charge in [0.05, 0.1) is 18.6 Å². The first kappa shape index (κ1) is 19.6. The highest BCUT2D eigenvalue weighted by molar-refractivity contribution is 5.85. The third kappa shape index (κ3) is 4.47. The summed E-state index contributed by atoms with van der Waals surface area (Å²) in [5, 5.41) is 0. The lowest BCUT2D eigenvalue weighted by Crippen LogP contribution is -2.43. The van der Waals surface area contributed by atoms with Gasteiger partial charge in [-0.3, -0.25) is 14.6 Å². The van der Waals surface area contributed by atoms with Crippen LogP contribution in [0.5, 0.6) is 5.75 Å². The quantitative estimate of drug-likeness (QED) is 0.704. The van der Waals surface area contributed by atoms with Crippen LogP contribution in [0.1, 0.15) is 12.8 Å². The predicted octanol–water partition coefficient (Wildman–Crippen LogP) is 1.46. The van der Waals surface area contributed by atoms with Crippen LogP contribution in [0, 0.1) is 11.2 Å². The van der Waals surface area contributed by atoms with Crippen molar-refractivity contribution in [1.82, 2.24) is 14.7 Å². The van der Waals surface area contributed by atoms with E-state index in [1.165, 1.54) is 12.1 Å². The van der Waals surface area contributed by atoms with Crippen LogP contribution < -0.4 is 4.74 Å². The molecule has 154 valence electrons. The van der Waals surface area contributed by atoms with Crippen molar-refractivity contribution < 1.29 is 18.7 Å². The van der Waals surface area contributed by atoms with Crippen molar-refractivity contribution in [2.75, 3.05) is 72.2 Å². The summed E-state index contributed by atoms with van der Waals surface area (Å²) in [5.41, 5.74) is -0.194. The zero-order chi connectivity index (χ0) is 19.4. The Morgan fingerprint density at radius 2 is 1.71 bits per heavy atom. The average molecular weight is 391 g/mol. The molecule has 4 rings (SSSR count). The maximum atomic E-state index is 13.1. The van der Waals surface area contributed by atoms with E-state index in [0.29, 0.717) is 18.3 Å². The van der Waals surface area contributed by atoms with Crippen LogP contribution in [0.15, 0.2) is 24.3 Å². The van der Waals surface area contributed by atoms with Crippen LogP contribution >= 0.6 is 0 Å². The van der Waals surface area contributed by atoms with E-state index in [2.05, 4.69) is 14.7 Å². The fourth-order valence-corrected chi connectivity index (χ4v) is 4.54. The van der Waals surface area contributed by atoms with Gasteiger partial charge in [0.2, 0.25) is 5.91 Å². The lowest BCUT2D eigenvalue weighted by atomic mass is 9.85. The maximum Gasteiger partial charge on any atom is 0.230 e. The summed E-state index contributed by atoms with van der Waals surface area (Å²) in [6, 6.07) is 6.10. The third-order valence-electron chi connectivity index (χ3n) is 6.31. The fourth-order valence-electron chi connectivity index (χ4n) is 4.54. The molecular weight excluding hydrogens is 361 g/mol. The third-order valence-corrected chi connectivity index (χ3v) is 6.31. The van der Waals surface area contributed by atoms with Crippen molar-refractivity contribution in [2.45, 2.75) is 12.8 Å². The van der Waals surface area contributed by atoms with E-state index in [1.54, 1.807) is 12.1 Å². The van der Waals surface area contributed by atoms with Crippen LogP contribution in [-0.2, 0) is 9.53 Å². The lowest BCUT2D eigenvalue weighted by Gasteiger charge is -2.29. The van der Waals surface area contributed by atoms with Gasteiger partial charge < -0.3 is 14.4 Å². The number of rotatable bonds is 7. The molecule has 1 unspecified atom stereocenters. The van der Waals surface area contributed by atoms with E-state index in [4.69, 9.17) is 9.47 Å². The van der Waals surface area contributed by atoms with Crippen molar-refractivity contribution in [2.24, 2.45) is 5.41 Å². The summed E-state index contributed by atoms with van der Waals surface area (Å²) in [6.07, 6.45) is 1.90. The van der Waals surface area contributed by atoms with E-state index in [-0.39, 0.29) is 11.2 Å². The summed E-state index contributed by atoms with van der Waals surface area (Å²) < 4.78 is 24.0. The number of morpholine rings is 1. The van der Waals surface area contributed by atoms with Gasteiger partial charge in [0.1, 0.15) is 18.2 Å². The van der Waals surface area contributed by atoms with Gasteiger partial charge in [-0.1, -0.05) is 0 Å². The second-order valence-corrected chi connectivity index (χ2v) is 8.11. The maximum absolute atomic E-state index is 13.1. The Kier molecular flexibility index (Phi) is 6.13. The molecule has 0 saturated carbocycles. The molecule has 0 aromatic heterocycles. The average Bonchev–Trinajstić information content (AvgIpc) is 3.27. The van der Waals surface area contributed by atoms with Crippen LogP contribution in [-0.4, -0.2) is 92.8 Å². The number of benzene rings is 1. The van der Waals surface area contributed by atoms with Gasteiger partial charge in [-0.2, -0.15) is 0 Å². The monoisotopic (exact) mass is 391 g/mol. The number of halogens is 1. The first-order valence-corrected chi connectivity index (χ1v) is 10.3. The zero-order valence-electron chi connectivity index (χ0n) is 16.4. The molecule has 1 amide bonds. The minimum atomic E-state index is -0.258. The van der Waals surface area contributed by atoms with Crippen molar-refractivity contribution in [3.8, 4) is 5.75 Å². The van der Waals surface area contributed by atoms with Gasteiger partial charge in [0.15, 0.2) is 0 Å². The van der Waals surface area contributed by atoms with Crippen LogP contribution in [0.2, 0.25) is 0 Å². The van der Waals surface area contributed by atoms with Crippen LogP contribution in [0.3, 0.4) is 0 Å². The Balaban J connectivity index is 1.21. The summed E-state index contributed by atoms with van der Waals surface area (Å²) >= 11 is 0. The lowest BCUT2D eigenvalue weighted by molar-refractivity contribution is -0.135. The molecule has 6 nitrogen and oxygen atoms in total. The minimum absolute atomic E-state index is 0.194. The molecule has 3 fully saturated rings. The molecule has 1 aromatic rings. The minimum Gasteiger partial charge on any atom is -0.492 e. The summed E-state index contributed by atoms with van der Waals surface area (Å²) in [7, 11) is 0. The van der Waals surface area contributed by atoms with E-state index in [1.807, 2.05) is 0 Å². The normalized spacial score (nSPS) is 26.5. The smallest absolute Gasteiger partial charge is 0.230 e. The predicted molar refractivity (Wildman–Crippen MR) is 104 cm³/mol. The molecule has 3 heterocycles. The molecule has 0 N–H and O–H groups in total. The number of likely N-dealkylation sites (tertiary alicyclic amines) is 2. The summed E-state index contributed by atoms with van der Waals surface area (Å²) in [5.74, 6) is 0.760. The fraction of sp³-hybridized carbons (Fsp3) is 0.667. The highest BCUT2D eigenvalue weighted by Gasteiger charge is 2.50. The van der Waals surface area contributed by atoms with Gasteiger partial charge in [-0.25, -0.2) is 4.39 Å². The molecule has 3 saturated heterocycles. The van der Waals surface area contributed by atoms with Gasteiger partial charge in [-0.15, -0.1) is 0 Å². The molecule has 1 aromatic carbocycles. The molecule has 0 bridgehead atoms. The van der Waals surface area contributed by atoms with Gasteiger partial charge >= 0.3 is 0 Å². The Hall–Kier alpha value is -1.70. The van der Waals surface area contributed by atoms with E-state index >= 15 is 0 Å². The molecule has 3 aliphatic rings. The molecule has 28 heavy (non-hydrogen) atoms. The van der Waals surface area contributed by atoms with Crippen LogP contribution in [0.25, 0.3) is 0 Å². The highest BCUT2D eigenvalue weighted by atomic mass is 19.1. The van der Waals surface area contributed by atoms with Gasteiger partial charge in [0.25, 0.3) is 0 Å². The number of hydrogen-bond acceptors (Lipinski definition) is 5. The summed E-state index contributed by atoms with van der Waals surface area (Å²) in [4.78, 5) is 19.8. The molecule has 0 aliphatic carbocycles. The molecule has 1 atom stereocenters.